The fraction of sp³-hybridized carbons (Fsp3) is 0.115. The molecule has 0 N–H and O–H groups in total. The molecule has 0 amide bonds. The zero-order chi connectivity index (χ0) is 85.6. The van der Waals surface area contributed by atoms with Crippen LogP contribution in [0.25, 0.3) is 192 Å². The normalized spacial score (nSPS) is 11.6. The van der Waals surface area contributed by atoms with Crippen molar-refractivity contribution in [2.75, 3.05) is 19.8 Å². The Kier molecular flexibility index (Phi) is 19.9. The van der Waals surface area contributed by atoms with Crippen molar-refractivity contribution in [2.45, 2.75) is 69.2 Å². The van der Waals surface area contributed by atoms with Crippen LogP contribution in [0, 0.1) is 48.5 Å². The predicted octanol–water partition coefficient (Wildman–Crippen LogP) is 27.0. The van der Waals surface area contributed by atoms with Gasteiger partial charge in [0.05, 0.1) is 52.9 Å². The van der Waals surface area contributed by atoms with Crippen LogP contribution in [-0.2, 0) is 0 Å². The van der Waals surface area contributed by atoms with E-state index in [1.54, 1.807) is 8.80 Å². The summed E-state index contributed by atoms with van der Waals surface area (Å²) in [4.78, 5) is 57.8. The summed E-state index contributed by atoms with van der Waals surface area (Å²) in [5.74, 6) is 2.46. The van der Waals surface area contributed by atoms with Crippen molar-refractivity contribution in [3.8, 4) is 84.0 Å². The molecule has 0 aliphatic carbocycles. The number of nitrogens with zero attached hydrogens (tertiary/aromatic N) is 6. The van der Waals surface area contributed by atoms with Crippen molar-refractivity contribution in [2.24, 2.45) is 0 Å². The number of hydrogen-bond acceptors (Lipinski definition) is 9. The molecule has 0 saturated carbocycles. The average Bonchev–Trinajstić information content (AvgIpc) is 1.55. The van der Waals surface area contributed by atoms with Gasteiger partial charge in [-0.25, -0.2) is 15.0 Å². The van der Waals surface area contributed by atoms with Gasteiger partial charge >= 0.3 is 0 Å². The van der Waals surface area contributed by atoms with Crippen LogP contribution in [0.1, 0.15) is 59.7 Å². The molecule has 606 valence electrons. The van der Waals surface area contributed by atoms with Crippen LogP contribution < -0.4 is 30.9 Å². The van der Waals surface area contributed by atoms with Crippen molar-refractivity contribution in [1.82, 2.24) is 28.2 Å². The summed E-state index contributed by atoms with van der Waals surface area (Å²) in [6.07, 6.45) is 0. The fourth-order valence-electron chi connectivity index (χ4n) is 19.1. The van der Waals surface area contributed by atoms with Gasteiger partial charge in [0, 0.05) is 59.6 Å². The van der Waals surface area contributed by atoms with E-state index in [2.05, 4.69) is 243 Å². The molecule has 0 aliphatic heterocycles. The van der Waals surface area contributed by atoms with E-state index in [0.29, 0.717) is 41.9 Å². The molecule has 0 saturated heterocycles. The summed E-state index contributed by atoms with van der Waals surface area (Å²) < 4.78 is 22.5. The molecule has 23 aromatic rings. The lowest BCUT2D eigenvalue weighted by molar-refractivity contribution is 0.340. The van der Waals surface area contributed by atoms with Crippen LogP contribution in [0.2, 0.25) is 0 Å². The molecule has 0 fully saturated rings. The number of hydrogen-bond donors (Lipinski definition) is 0. The Hall–Kier alpha value is -15.4. The van der Waals surface area contributed by atoms with E-state index in [1.807, 2.05) is 146 Å². The molecule has 6 heterocycles. The van der Waals surface area contributed by atoms with E-state index in [1.165, 1.54) is 55.6 Å². The lowest BCUT2D eigenvalue weighted by Crippen LogP contribution is -2.13. The molecule has 0 radical (unpaired) electrons. The van der Waals surface area contributed by atoms with Gasteiger partial charge in [-0.05, 0) is 288 Å². The molecule has 0 atom stereocenters. The summed E-state index contributed by atoms with van der Waals surface area (Å²) in [7, 11) is 0. The number of imidazole rings is 3. The second kappa shape index (κ2) is 31.9. The number of rotatable bonds is 12. The van der Waals surface area contributed by atoms with Crippen LogP contribution >= 0.6 is 0 Å². The molecule has 12 nitrogen and oxygen atoms in total. The molecule has 17 aromatic carbocycles. The smallest absolute Gasteiger partial charge is 0.264 e. The number of benzene rings is 17. The maximum absolute atomic E-state index is 14.6. The Morgan fingerprint density at radius 3 is 1.13 bits per heavy atom. The first-order valence-corrected chi connectivity index (χ1v) is 42.8. The molecule has 0 spiro atoms. The van der Waals surface area contributed by atoms with E-state index in [-0.39, 0.29) is 16.7 Å². The number of aryl methyl sites for hydroxylation is 7. The fourth-order valence-corrected chi connectivity index (χ4v) is 19.1. The van der Waals surface area contributed by atoms with Crippen molar-refractivity contribution >= 4 is 125 Å². The van der Waals surface area contributed by atoms with Gasteiger partial charge in [-0.2, -0.15) is 0 Å². The first-order chi connectivity index (χ1) is 61.0. The minimum Gasteiger partial charge on any atom is -0.494 e. The molecule has 125 heavy (non-hydrogen) atoms. The number of pyridine rings is 3. The van der Waals surface area contributed by atoms with Crippen LogP contribution in [0.15, 0.2) is 330 Å². The zero-order valence-electron chi connectivity index (χ0n) is 71.3. The van der Waals surface area contributed by atoms with Crippen LogP contribution in [-0.4, -0.2) is 48.0 Å². The average molecular weight is 1630 g/mol. The molecular formula is C113H88N6O6. The number of ether oxygens (including phenoxy) is 3. The highest BCUT2D eigenvalue weighted by Crippen LogP contribution is 2.45. The summed E-state index contributed by atoms with van der Waals surface area (Å²) >= 11 is 0. The Labute approximate surface area is 721 Å². The second-order valence-electron chi connectivity index (χ2n) is 32.5. The maximum atomic E-state index is 14.6. The minimum atomic E-state index is -0.0871. The Balaban J connectivity index is 0.000000118. The lowest BCUT2D eigenvalue weighted by Gasteiger charge is -2.16. The van der Waals surface area contributed by atoms with Gasteiger partial charge in [0.1, 0.15) is 34.2 Å². The molecule has 12 heteroatoms. The standard InChI is InChI=1S/C42H34N2O4.C42H34N2O.C22H12N2O.C7H8/c1-4-46-30-16-10-26(11-17-30)29-24-37(28-14-20-32(21-15-28)48-6-3)40-38(25-29)44-41(43-40)35-23-22-33(27-12-18-31(19-13-27)47-5-2)34-8-7-9-36(39(34)35)42(44)45;1-23-11-7-12-24(2)36(23)29-21-34(38-27(5)15-9-16-28(38)6)40-35(22-29)44-41(43-40)32-20-19-31(37-25(3)13-8-14-26(37)4)30-17-10-18-33(39(30)32)42(44)45;25-22-17-10-4-8-13-7-3-9-16(20(13)17)21-23-18-11-14-5-1-2-6-15(14)12-19(18)24(21)22;1-7-5-3-2-4-6-7/h7-25H,4-6H2,1-3H3;7-22H,1-6H3;1-12H;2-6H,1H3. The van der Waals surface area contributed by atoms with Crippen LogP contribution in [0.3, 0.4) is 0 Å². The van der Waals surface area contributed by atoms with Gasteiger partial charge in [-0.15, -0.1) is 0 Å². The van der Waals surface area contributed by atoms with Gasteiger partial charge < -0.3 is 14.2 Å². The van der Waals surface area contributed by atoms with E-state index in [0.717, 1.165) is 171 Å². The highest BCUT2D eigenvalue weighted by Gasteiger charge is 2.27. The van der Waals surface area contributed by atoms with E-state index in [4.69, 9.17) is 29.2 Å². The van der Waals surface area contributed by atoms with E-state index >= 15 is 0 Å². The topological polar surface area (TPSA) is 131 Å². The third-order valence-electron chi connectivity index (χ3n) is 24.7. The van der Waals surface area contributed by atoms with Crippen LogP contribution in [0.4, 0.5) is 0 Å². The monoisotopic (exact) mass is 1620 g/mol. The first-order valence-electron chi connectivity index (χ1n) is 42.8. The molecular weight excluding hydrogens is 1540 g/mol. The summed E-state index contributed by atoms with van der Waals surface area (Å²) in [5, 5.41) is 13.4. The zero-order valence-corrected chi connectivity index (χ0v) is 71.3. The van der Waals surface area contributed by atoms with Crippen molar-refractivity contribution < 1.29 is 14.2 Å². The Morgan fingerprint density at radius 1 is 0.256 bits per heavy atom. The molecule has 23 rings (SSSR count). The molecule has 0 aliphatic rings. The minimum absolute atomic E-state index is 0.00270. The van der Waals surface area contributed by atoms with E-state index in [9.17, 15) is 14.4 Å². The highest BCUT2D eigenvalue weighted by molar-refractivity contribution is 6.22. The predicted molar refractivity (Wildman–Crippen MR) is 519 cm³/mol. The molecule has 6 aromatic heterocycles. The Morgan fingerprint density at radius 2 is 0.624 bits per heavy atom. The highest BCUT2D eigenvalue weighted by atomic mass is 16.5. The van der Waals surface area contributed by atoms with E-state index < -0.39 is 0 Å². The largest absolute Gasteiger partial charge is 0.494 e. The number of aromatic nitrogens is 6. The summed E-state index contributed by atoms with van der Waals surface area (Å²) in [5.41, 5.74) is 28.5. The van der Waals surface area contributed by atoms with Gasteiger partial charge in [-0.3, -0.25) is 27.6 Å². The van der Waals surface area contributed by atoms with Gasteiger partial charge in [0.25, 0.3) is 16.7 Å². The molecule has 0 bridgehead atoms. The molecule has 0 unspecified atom stereocenters. The first kappa shape index (κ1) is 78.2. The van der Waals surface area contributed by atoms with Crippen molar-refractivity contribution in [3.63, 3.8) is 0 Å². The quantitative estimate of drug-likeness (QED) is 0.117. The second-order valence-corrected chi connectivity index (χ2v) is 32.5. The van der Waals surface area contributed by atoms with Crippen molar-refractivity contribution in [1.29, 1.82) is 0 Å². The third-order valence-corrected chi connectivity index (χ3v) is 24.7. The maximum Gasteiger partial charge on any atom is 0.264 e. The lowest BCUT2D eigenvalue weighted by atomic mass is 9.89. The third kappa shape index (κ3) is 13.5. The van der Waals surface area contributed by atoms with Gasteiger partial charge in [0.15, 0.2) is 0 Å². The number of fused-ring (bicyclic) bond motifs is 13. The van der Waals surface area contributed by atoms with Crippen molar-refractivity contribution in [3.05, 3.63) is 385 Å². The summed E-state index contributed by atoms with van der Waals surface area (Å²) in [6.45, 7) is 22.8. The summed E-state index contributed by atoms with van der Waals surface area (Å²) in [6, 6.07) is 108. The Bertz CT molecular complexity index is 8340. The van der Waals surface area contributed by atoms with Gasteiger partial charge in [0.2, 0.25) is 0 Å². The SMILES string of the molecule is CCOc1ccc(-c2cc(-c3ccc(OCC)cc3)c3nc4c5ccc(-c6ccc(OCC)cc6)c6cccc(c(=O)n4c3c2)c65)cc1.Cc1cccc(C)c1-c1cc(-c2c(C)cccc2C)c2nc3c4ccc(-c5c(C)cccc5C)c5cccc(c(=O)n3c2c1)c54.Cc1ccccc1.O=c1c2cccc3cccc(c32)c2nc3cc4ccccc4cc3n12. The van der Waals surface area contributed by atoms with Gasteiger partial charge in [-0.1, -0.05) is 218 Å². The van der Waals surface area contributed by atoms with Crippen LogP contribution in [0.5, 0.6) is 17.2 Å².